The molecule has 2 aromatic rings. The first-order valence-electron chi connectivity index (χ1n) is 6.92. The standard InChI is InChI=1S/C16H16N4O3/c1-17-15(22)16(23)20-13-8-3-2-7-12(13)14(21)19-10-11-6-4-5-9-18-11/h2-9H,10H2,1H3,(H,17,22)(H,19,21)(H,20,23). The normalized spacial score (nSPS) is 9.78. The highest BCUT2D eigenvalue weighted by Crippen LogP contribution is 2.15. The Morgan fingerprint density at radius 1 is 1.00 bits per heavy atom. The number of carbonyl (C=O) groups excluding carboxylic acids is 3. The molecule has 23 heavy (non-hydrogen) atoms. The molecule has 0 fully saturated rings. The van der Waals surface area contributed by atoms with E-state index in [1.165, 1.54) is 7.05 Å². The van der Waals surface area contributed by atoms with Gasteiger partial charge in [0.2, 0.25) is 0 Å². The molecule has 0 radical (unpaired) electrons. The number of carbonyl (C=O) groups is 3. The van der Waals surface area contributed by atoms with Gasteiger partial charge in [0.1, 0.15) is 0 Å². The molecular formula is C16H16N4O3. The van der Waals surface area contributed by atoms with Crippen molar-refractivity contribution in [2.24, 2.45) is 0 Å². The lowest BCUT2D eigenvalue weighted by Gasteiger charge is -2.10. The summed E-state index contributed by atoms with van der Waals surface area (Å²) in [5.41, 5.74) is 1.24. The van der Waals surface area contributed by atoms with Crippen LogP contribution in [0.2, 0.25) is 0 Å². The van der Waals surface area contributed by atoms with Crippen molar-refractivity contribution in [3.05, 3.63) is 59.9 Å². The maximum absolute atomic E-state index is 12.3. The Kier molecular flexibility index (Phi) is 5.40. The molecule has 1 aromatic carbocycles. The van der Waals surface area contributed by atoms with Gasteiger partial charge in [-0.3, -0.25) is 19.4 Å². The zero-order valence-corrected chi connectivity index (χ0v) is 12.5. The van der Waals surface area contributed by atoms with Crippen molar-refractivity contribution in [3.8, 4) is 0 Å². The molecule has 1 aromatic heterocycles. The Hall–Kier alpha value is -3.22. The van der Waals surface area contributed by atoms with Crippen molar-refractivity contribution in [2.45, 2.75) is 6.54 Å². The summed E-state index contributed by atoms with van der Waals surface area (Å²) < 4.78 is 0. The molecule has 0 unspecified atom stereocenters. The lowest BCUT2D eigenvalue weighted by molar-refractivity contribution is -0.135. The minimum Gasteiger partial charge on any atom is -0.351 e. The third kappa shape index (κ3) is 4.37. The number of rotatable bonds is 4. The average molecular weight is 312 g/mol. The Morgan fingerprint density at radius 3 is 2.43 bits per heavy atom. The Labute approximate surface area is 133 Å². The lowest BCUT2D eigenvalue weighted by Crippen LogP contribution is -2.33. The topological polar surface area (TPSA) is 100 Å². The molecule has 0 saturated heterocycles. The maximum Gasteiger partial charge on any atom is 0.313 e. The second kappa shape index (κ2) is 7.69. The van der Waals surface area contributed by atoms with Crippen molar-refractivity contribution in [2.75, 3.05) is 12.4 Å². The molecule has 0 atom stereocenters. The first-order chi connectivity index (χ1) is 11.1. The van der Waals surface area contributed by atoms with Gasteiger partial charge in [-0.05, 0) is 24.3 Å². The molecule has 7 nitrogen and oxygen atoms in total. The minimum absolute atomic E-state index is 0.261. The number of hydrogen-bond donors (Lipinski definition) is 3. The van der Waals surface area contributed by atoms with Crippen LogP contribution in [-0.2, 0) is 16.1 Å². The van der Waals surface area contributed by atoms with Gasteiger partial charge in [0.15, 0.2) is 0 Å². The van der Waals surface area contributed by atoms with E-state index in [4.69, 9.17) is 0 Å². The molecule has 0 aliphatic rings. The quantitative estimate of drug-likeness (QED) is 0.723. The number of nitrogens with one attached hydrogen (secondary N) is 3. The SMILES string of the molecule is CNC(=O)C(=O)Nc1ccccc1C(=O)NCc1ccccn1. The first kappa shape index (κ1) is 16.2. The molecule has 3 amide bonds. The molecule has 3 N–H and O–H groups in total. The zero-order chi connectivity index (χ0) is 16.7. The summed E-state index contributed by atoms with van der Waals surface area (Å²) in [6.45, 7) is 0.261. The highest BCUT2D eigenvalue weighted by atomic mass is 16.2. The Balaban J connectivity index is 2.08. The number of benzene rings is 1. The van der Waals surface area contributed by atoms with Gasteiger partial charge in [-0.15, -0.1) is 0 Å². The molecule has 0 aliphatic carbocycles. The van der Waals surface area contributed by atoms with Gasteiger partial charge in [0, 0.05) is 13.2 Å². The van der Waals surface area contributed by atoms with E-state index in [0.717, 1.165) is 0 Å². The molecule has 0 aliphatic heterocycles. The number of para-hydroxylation sites is 1. The van der Waals surface area contributed by atoms with Crippen LogP contribution in [0.1, 0.15) is 16.1 Å². The van der Waals surface area contributed by atoms with Crippen LogP contribution in [0.3, 0.4) is 0 Å². The molecular weight excluding hydrogens is 296 g/mol. The van der Waals surface area contributed by atoms with E-state index in [-0.39, 0.29) is 23.7 Å². The molecule has 2 rings (SSSR count). The van der Waals surface area contributed by atoms with Crippen LogP contribution in [0.5, 0.6) is 0 Å². The molecule has 118 valence electrons. The monoisotopic (exact) mass is 312 g/mol. The van der Waals surface area contributed by atoms with Gasteiger partial charge in [0.05, 0.1) is 23.5 Å². The number of aromatic nitrogens is 1. The summed E-state index contributed by atoms with van der Waals surface area (Å²) in [6.07, 6.45) is 1.64. The minimum atomic E-state index is -0.836. The van der Waals surface area contributed by atoms with Gasteiger partial charge in [-0.25, -0.2) is 0 Å². The highest BCUT2D eigenvalue weighted by Gasteiger charge is 2.16. The fraction of sp³-hybridized carbons (Fsp3) is 0.125. The van der Waals surface area contributed by atoms with Crippen LogP contribution < -0.4 is 16.0 Å². The fourth-order valence-corrected chi connectivity index (χ4v) is 1.85. The lowest BCUT2D eigenvalue weighted by atomic mass is 10.1. The van der Waals surface area contributed by atoms with Gasteiger partial charge in [0.25, 0.3) is 5.91 Å². The van der Waals surface area contributed by atoms with Crippen LogP contribution in [0, 0.1) is 0 Å². The average Bonchev–Trinajstić information content (AvgIpc) is 2.60. The van der Waals surface area contributed by atoms with Crippen LogP contribution in [0.4, 0.5) is 5.69 Å². The van der Waals surface area contributed by atoms with Crippen LogP contribution in [0.25, 0.3) is 0 Å². The van der Waals surface area contributed by atoms with Crippen LogP contribution in [-0.4, -0.2) is 29.8 Å². The summed E-state index contributed by atoms with van der Waals surface area (Å²) in [5.74, 6) is -1.99. The van der Waals surface area contributed by atoms with Gasteiger partial charge in [-0.1, -0.05) is 18.2 Å². The third-order valence-electron chi connectivity index (χ3n) is 3.01. The van der Waals surface area contributed by atoms with Crippen molar-refractivity contribution in [1.82, 2.24) is 15.6 Å². The number of nitrogens with zero attached hydrogens (tertiary/aromatic N) is 1. The number of anilines is 1. The maximum atomic E-state index is 12.3. The number of hydrogen-bond acceptors (Lipinski definition) is 4. The van der Waals surface area contributed by atoms with Gasteiger partial charge in [-0.2, -0.15) is 0 Å². The summed E-state index contributed by atoms with van der Waals surface area (Å²) in [7, 11) is 1.35. The summed E-state index contributed by atoms with van der Waals surface area (Å²) in [6, 6.07) is 11.9. The molecule has 0 bridgehead atoms. The van der Waals surface area contributed by atoms with Crippen molar-refractivity contribution < 1.29 is 14.4 Å². The van der Waals surface area contributed by atoms with E-state index in [2.05, 4.69) is 20.9 Å². The van der Waals surface area contributed by atoms with E-state index in [9.17, 15) is 14.4 Å². The third-order valence-corrected chi connectivity index (χ3v) is 3.01. The molecule has 0 saturated carbocycles. The fourth-order valence-electron chi connectivity index (χ4n) is 1.85. The molecule has 0 spiro atoms. The first-order valence-corrected chi connectivity index (χ1v) is 6.92. The van der Waals surface area contributed by atoms with Crippen molar-refractivity contribution in [1.29, 1.82) is 0 Å². The predicted octanol–water partition coefficient (Wildman–Crippen LogP) is 0.696. The van der Waals surface area contributed by atoms with E-state index in [1.54, 1.807) is 42.6 Å². The number of pyridine rings is 1. The second-order valence-corrected chi connectivity index (χ2v) is 4.58. The number of likely N-dealkylation sites (N-methyl/N-ethyl adjacent to an activating group) is 1. The van der Waals surface area contributed by atoms with Crippen molar-refractivity contribution in [3.63, 3.8) is 0 Å². The van der Waals surface area contributed by atoms with E-state index >= 15 is 0 Å². The smallest absolute Gasteiger partial charge is 0.313 e. The molecule has 1 heterocycles. The summed E-state index contributed by atoms with van der Waals surface area (Å²) in [5, 5.41) is 7.35. The predicted molar refractivity (Wildman–Crippen MR) is 84.5 cm³/mol. The van der Waals surface area contributed by atoms with Crippen LogP contribution >= 0.6 is 0 Å². The van der Waals surface area contributed by atoms with Crippen molar-refractivity contribution >= 4 is 23.4 Å². The largest absolute Gasteiger partial charge is 0.351 e. The summed E-state index contributed by atoms with van der Waals surface area (Å²) in [4.78, 5) is 39.3. The summed E-state index contributed by atoms with van der Waals surface area (Å²) >= 11 is 0. The van der Waals surface area contributed by atoms with E-state index < -0.39 is 11.8 Å². The van der Waals surface area contributed by atoms with E-state index in [1.807, 2.05) is 6.07 Å². The molecule has 7 heteroatoms. The Morgan fingerprint density at radius 2 is 1.74 bits per heavy atom. The van der Waals surface area contributed by atoms with Crippen LogP contribution in [0.15, 0.2) is 48.7 Å². The second-order valence-electron chi connectivity index (χ2n) is 4.58. The van der Waals surface area contributed by atoms with Gasteiger partial charge >= 0.3 is 11.8 Å². The zero-order valence-electron chi connectivity index (χ0n) is 12.5. The highest BCUT2D eigenvalue weighted by molar-refractivity contribution is 6.39. The Bertz CT molecular complexity index is 716. The van der Waals surface area contributed by atoms with Gasteiger partial charge < -0.3 is 16.0 Å². The van der Waals surface area contributed by atoms with E-state index in [0.29, 0.717) is 5.69 Å². The number of amides is 3.